The zero-order valence-corrected chi connectivity index (χ0v) is 97.4. The Labute approximate surface area is 910 Å². The molecule has 2 saturated heterocycles. The fraction of sp³-hybridized carbons (Fsp3) is 0.435. The topological polar surface area (TPSA) is 180 Å². The predicted molar refractivity (Wildman–Crippen MR) is 624 cm³/mol. The van der Waals surface area contributed by atoms with Gasteiger partial charge in [-0.2, -0.15) is 0 Å². The highest BCUT2D eigenvalue weighted by molar-refractivity contribution is 9.11. The summed E-state index contributed by atoms with van der Waals surface area (Å²) < 4.78 is 44.3. The van der Waals surface area contributed by atoms with Crippen molar-refractivity contribution in [1.29, 1.82) is 0 Å². The van der Waals surface area contributed by atoms with Gasteiger partial charge in [-0.3, -0.25) is 4.79 Å². The largest absolute Gasteiger partial charge is 0.508 e. The second kappa shape index (κ2) is 68.4. The van der Waals surface area contributed by atoms with Gasteiger partial charge in [0.25, 0.3) is 0 Å². The van der Waals surface area contributed by atoms with Gasteiger partial charge in [-0.25, -0.2) is 4.79 Å². The summed E-state index contributed by atoms with van der Waals surface area (Å²) in [5.41, 5.74) is 20.3. The van der Waals surface area contributed by atoms with Crippen molar-refractivity contribution in [2.24, 2.45) is 0 Å². The number of phenols is 4. The molecule has 0 spiro atoms. The molecule has 147 heavy (non-hydrogen) atoms. The van der Waals surface area contributed by atoms with Crippen molar-refractivity contribution < 1.29 is 63.2 Å². The first-order chi connectivity index (χ1) is 70.4. The van der Waals surface area contributed by atoms with Crippen LogP contribution < -0.4 is 14.2 Å². The number of benzene rings is 12. The summed E-state index contributed by atoms with van der Waals surface area (Å²) in [5, 5.41) is 36.9. The Morgan fingerprint density at radius 2 is 0.667 bits per heavy atom. The third kappa shape index (κ3) is 46.0. The van der Waals surface area contributed by atoms with Crippen LogP contribution in [0.1, 0.15) is 392 Å². The van der Waals surface area contributed by atoms with E-state index in [4.69, 9.17) is 38.3 Å². The zero-order chi connectivity index (χ0) is 108. The van der Waals surface area contributed by atoms with Crippen LogP contribution >= 0.6 is 47.8 Å². The van der Waals surface area contributed by atoms with Crippen LogP contribution in [-0.4, -0.2) is 76.5 Å². The Bertz CT molecular complexity index is 5440. The summed E-state index contributed by atoms with van der Waals surface area (Å²) in [5.74, 6) is 9.14. The second-order valence-electron chi connectivity index (χ2n) is 39.6. The van der Waals surface area contributed by atoms with Crippen LogP contribution in [-0.2, 0) is 31.8 Å². The van der Waals surface area contributed by atoms with E-state index in [1.807, 2.05) is 93.6 Å². The van der Waals surface area contributed by atoms with Crippen LogP contribution in [0, 0.1) is 27.7 Å². The minimum atomic E-state index is -0.412. The number of aromatic hydroxyl groups is 4. The van der Waals surface area contributed by atoms with Crippen molar-refractivity contribution in [3.8, 4) is 40.2 Å². The van der Waals surface area contributed by atoms with Crippen LogP contribution in [0.5, 0.6) is 40.2 Å². The van der Waals surface area contributed by atoms with Crippen molar-refractivity contribution in [3.63, 3.8) is 0 Å². The number of rotatable bonds is 34. The van der Waals surface area contributed by atoms with Gasteiger partial charge in [-0.1, -0.05) is 332 Å². The van der Waals surface area contributed by atoms with Crippen LogP contribution in [0.25, 0.3) is 0 Å². The first kappa shape index (κ1) is 125. The molecule has 16 heteroatoms. The molecule has 13 nitrogen and oxygen atoms in total. The maximum absolute atomic E-state index is 11.8. The molecule has 14 unspecified atom stereocenters. The van der Waals surface area contributed by atoms with Crippen LogP contribution in [0.3, 0.4) is 0 Å². The molecule has 0 bridgehead atoms. The number of carbonyl (C=O) groups excluding carboxylic acids is 2. The quantitative estimate of drug-likeness (QED) is 0.0130. The minimum Gasteiger partial charge on any atom is -0.508 e. The number of ether oxygens (including phenoxy) is 7. The molecule has 14 atom stereocenters. The lowest BCUT2D eigenvalue weighted by Gasteiger charge is -2.31. The van der Waals surface area contributed by atoms with Crippen molar-refractivity contribution in [1.82, 2.24) is 0 Å². The average molecular weight is 2200 g/mol. The number of phenolic OH excluding ortho intramolecular Hbond substituents is 4. The molecule has 2 aliphatic rings. The van der Waals surface area contributed by atoms with E-state index in [-0.39, 0.29) is 49.8 Å². The molecule has 12 aromatic rings. The lowest BCUT2D eigenvalue weighted by molar-refractivity contribution is -0.147. The zero-order valence-electron chi connectivity index (χ0n) is 92.6. The lowest BCUT2D eigenvalue weighted by atomic mass is 9.96. The molecule has 0 radical (unpaired) electrons. The molecular weight excluding hydrogens is 2020 g/mol. The normalized spacial score (nSPS) is 15.9. The molecule has 0 aromatic heterocycles. The second-order valence-corrected chi connectivity index (χ2v) is 42.3. The molecule has 12 aromatic carbocycles. The predicted octanol–water partition coefficient (Wildman–Crippen LogP) is 38.0. The van der Waals surface area contributed by atoms with Gasteiger partial charge in [0.05, 0.1) is 28.9 Å². The first-order valence-corrected chi connectivity index (χ1v) is 56.2. The number of ketones is 1. The van der Waals surface area contributed by atoms with E-state index in [1.165, 1.54) is 78.7 Å². The van der Waals surface area contributed by atoms with E-state index in [2.05, 4.69) is 332 Å². The smallest absolute Gasteiger partial charge is 0.338 e. The number of Topliss-reactive ketones (excluding diaryl/α,β-unsaturated/α-hetero) is 1. The van der Waals surface area contributed by atoms with Gasteiger partial charge in [0.15, 0.2) is 24.7 Å². The summed E-state index contributed by atoms with van der Waals surface area (Å²) in [7, 11) is 0. The standard InChI is InChI=1S/2C23H30O2.C21H26O4.C12H16O.2C11H16O.C10H12Br2.C10H13BrO.C10H14O/c2*1-4-17(2)20-13-14-22(18(3)15-20)25-23-12-8-11-21(24-23)16-19-9-6-5-7-10-19;1-4-16(2)18-10-12-20(13-11-18)25-17(3)23-14-15-24-21(22)19-8-6-5-7-9-19;1-4-9(2)11-6-5-7-12(8-11)10(3)13;2*1-4-8(2)10-5-6-11(12)9(3)7-10;1-3-7(2)8-4-9(11)6-10(12)5-8;1-3-7(2)8-4-5-10(12)9(11)6-8;1-3-8(2)9-4-6-10(11)7-5-9/h2*5-7,9-10,13-15,17,21,23H,4,8,11-12,16H2,1-3H3;5-13,16-17H,4,14-15H2,1-3H3;5-9H,4H2,1-3H3;2*5-8,12H,4H2,1-3H3;4-7H,3H2,1-2H3;4-7,12H,3H2,1-2H3;4-8,11H,3H2,1-2H3. The molecule has 0 saturated carbocycles. The first-order valence-electron chi connectivity index (χ1n) is 53.8. The lowest BCUT2D eigenvalue weighted by Crippen LogP contribution is -2.33. The van der Waals surface area contributed by atoms with Gasteiger partial charge in [-0.05, 0) is 388 Å². The number of aryl methyl sites for hydroxylation is 4. The van der Waals surface area contributed by atoms with Gasteiger partial charge in [-0.15, -0.1) is 0 Å². The molecule has 0 amide bonds. The Hall–Kier alpha value is -10.3. The van der Waals surface area contributed by atoms with Gasteiger partial charge in [0.1, 0.15) is 46.9 Å². The van der Waals surface area contributed by atoms with Crippen LogP contribution in [0.4, 0.5) is 0 Å². The Morgan fingerprint density at radius 3 is 1.04 bits per heavy atom. The maximum Gasteiger partial charge on any atom is 0.338 e. The van der Waals surface area contributed by atoms with E-state index >= 15 is 0 Å². The van der Waals surface area contributed by atoms with Gasteiger partial charge >= 0.3 is 5.97 Å². The summed E-state index contributed by atoms with van der Waals surface area (Å²) in [6.45, 7) is 51.6. The Balaban J connectivity index is 0.000000258. The molecule has 2 aliphatic heterocycles. The number of halogens is 3. The number of carbonyl (C=O) groups is 2. The van der Waals surface area contributed by atoms with E-state index in [0.717, 1.165) is 150 Å². The number of hydrogen-bond acceptors (Lipinski definition) is 13. The number of hydrogen-bond donors (Lipinski definition) is 4. The van der Waals surface area contributed by atoms with Crippen molar-refractivity contribution in [3.05, 3.63) is 381 Å². The van der Waals surface area contributed by atoms with Gasteiger partial charge < -0.3 is 53.6 Å². The monoisotopic (exact) mass is 2190 g/mol. The van der Waals surface area contributed by atoms with E-state index in [9.17, 15) is 24.9 Å². The van der Waals surface area contributed by atoms with Crippen LogP contribution in [0.2, 0.25) is 0 Å². The summed E-state index contributed by atoms with van der Waals surface area (Å²) in [4.78, 5) is 22.9. The highest BCUT2D eigenvalue weighted by atomic mass is 79.9. The van der Waals surface area contributed by atoms with Crippen molar-refractivity contribution >= 4 is 59.5 Å². The highest BCUT2D eigenvalue weighted by Gasteiger charge is 2.27. The maximum atomic E-state index is 11.8. The average Bonchev–Trinajstić information content (AvgIpc) is 0.836. The van der Waals surface area contributed by atoms with Crippen molar-refractivity contribution in [2.45, 2.75) is 360 Å². The third-order valence-electron chi connectivity index (χ3n) is 28.1. The molecule has 0 aliphatic carbocycles. The summed E-state index contributed by atoms with van der Waals surface area (Å²) in [6.07, 6.45) is 18.5. The molecular formula is C131H173Br3O13. The van der Waals surface area contributed by atoms with E-state index in [1.54, 1.807) is 61.5 Å². The fourth-order valence-corrected chi connectivity index (χ4v) is 17.9. The summed E-state index contributed by atoms with van der Waals surface area (Å²) >= 11 is 10.3. The fourth-order valence-electron chi connectivity index (χ4n) is 16.2. The molecule has 2 heterocycles. The van der Waals surface area contributed by atoms with E-state index < -0.39 is 6.29 Å². The Morgan fingerprint density at radius 1 is 0.333 bits per heavy atom. The van der Waals surface area contributed by atoms with Crippen molar-refractivity contribution in [2.75, 3.05) is 13.2 Å². The third-order valence-corrected chi connectivity index (χ3v) is 29.7. The van der Waals surface area contributed by atoms with Crippen LogP contribution in [0.15, 0.2) is 286 Å². The highest BCUT2D eigenvalue weighted by Crippen LogP contribution is 2.37. The van der Waals surface area contributed by atoms with E-state index in [0.29, 0.717) is 81.8 Å². The molecule has 14 rings (SSSR count). The minimum absolute atomic E-state index is 0.129. The summed E-state index contributed by atoms with van der Waals surface area (Å²) in [6, 6.07) is 90.4. The molecule has 4 N–H and O–H groups in total. The Kier molecular flexibility index (Phi) is 58.4. The number of esters is 1. The van der Waals surface area contributed by atoms with Gasteiger partial charge in [0.2, 0.25) is 0 Å². The van der Waals surface area contributed by atoms with Gasteiger partial charge in [0, 0.05) is 27.4 Å². The SMILES string of the molecule is CCC(C)c1cc(Br)cc(Br)c1.CCC(C)c1ccc(O)c(Br)c1.CCC(C)c1ccc(O)c(C)c1.CCC(C)c1ccc(O)c(C)c1.CCC(C)c1ccc(O)cc1.CCC(C)c1ccc(OC(C)OCCOC(=O)c2ccccc2)cc1.CCC(C)c1ccc(OC2CCCC(Cc3ccccc3)O2)c(C)c1.CCC(C)c1ccc(OC2CCCC(Cc3ccccc3)O2)c(C)c1.CCC(C)c1cccc(C(C)=O)c1. The molecule has 2 fully saturated rings. The molecule has 796 valence electrons.